The zero-order valence-electron chi connectivity index (χ0n) is 18.7. The van der Waals surface area contributed by atoms with Crippen LogP contribution in [0.4, 0.5) is 0 Å². The summed E-state index contributed by atoms with van der Waals surface area (Å²) < 4.78 is 5.70. The number of hydrogen-bond acceptors (Lipinski definition) is 3. The van der Waals surface area contributed by atoms with Crippen molar-refractivity contribution in [3.8, 4) is 0 Å². The summed E-state index contributed by atoms with van der Waals surface area (Å²) in [6, 6.07) is 13.7. The first-order valence-electron chi connectivity index (χ1n) is 11.2. The van der Waals surface area contributed by atoms with Gasteiger partial charge in [-0.15, -0.1) is 0 Å². The van der Waals surface area contributed by atoms with Crippen LogP contribution >= 0.6 is 0 Å². The van der Waals surface area contributed by atoms with E-state index in [1.54, 1.807) is 9.80 Å². The molecule has 30 heavy (non-hydrogen) atoms. The van der Waals surface area contributed by atoms with Crippen molar-refractivity contribution in [3.63, 3.8) is 0 Å². The van der Waals surface area contributed by atoms with Gasteiger partial charge >= 0.3 is 0 Å². The minimum Gasteiger partial charge on any atom is -0.464 e. The fourth-order valence-electron chi connectivity index (χ4n) is 3.48. The molecule has 0 saturated carbocycles. The van der Waals surface area contributed by atoms with Gasteiger partial charge in [-0.1, -0.05) is 63.4 Å². The van der Waals surface area contributed by atoms with Gasteiger partial charge in [-0.25, -0.2) is 0 Å². The predicted octanol–water partition coefficient (Wildman–Crippen LogP) is 5.33. The van der Waals surface area contributed by atoms with E-state index in [-0.39, 0.29) is 18.4 Å². The normalized spacial score (nSPS) is 10.8. The topological polar surface area (TPSA) is 53.8 Å². The Morgan fingerprint density at radius 3 is 2.23 bits per heavy atom. The lowest BCUT2D eigenvalue weighted by Crippen LogP contribution is -2.42. The number of nitrogens with zero attached hydrogens (tertiary/aromatic N) is 2. The van der Waals surface area contributed by atoms with Crippen LogP contribution in [0.25, 0.3) is 0 Å². The van der Waals surface area contributed by atoms with Crippen LogP contribution < -0.4 is 0 Å². The minimum absolute atomic E-state index is 0.0525. The monoisotopic (exact) mass is 412 g/mol. The molecular formula is C25H36N2O3. The molecule has 0 N–H and O–H groups in total. The fraction of sp³-hybridized carbons (Fsp3) is 0.520. The number of hydrogen-bond donors (Lipinski definition) is 0. The molecule has 0 aliphatic heterocycles. The van der Waals surface area contributed by atoms with Crippen molar-refractivity contribution in [2.45, 2.75) is 72.4 Å². The summed E-state index contributed by atoms with van der Waals surface area (Å²) in [6.45, 7) is 7.70. The van der Waals surface area contributed by atoms with Crippen molar-refractivity contribution in [2.75, 3.05) is 13.1 Å². The molecule has 164 valence electrons. The number of carbonyl (C=O) groups excluding carboxylic acids is 2. The summed E-state index contributed by atoms with van der Waals surface area (Å²) in [5, 5.41) is 0. The van der Waals surface area contributed by atoms with Crippen LogP contribution in [0.5, 0.6) is 0 Å². The fourth-order valence-corrected chi connectivity index (χ4v) is 3.48. The average Bonchev–Trinajstić information content (AvgIpc) is 3.15. The molecule has 1 heterocycles. The van der Waals surface area contributed by atoms with Gasteiger partial charge in [0.05, 0.1) is 13.1 Å². The molecule has 0 aliphatic rings. The molecule has 2 amide bonds. The maximum absolute atomic E-state index is 13.2. The quantitative estimate of drug-likeness (QED) is 0.418. The van der Waals surface area contributed by atoms with E-state index < -0.39 is 0 Å². The van der Waals surface area contributed by atoms with Gasteiger partial charge in [0.15, 0.2) is 0 Å². The van der Waals surface area contributed by atoms with Gasteiger partial charge in [-0.3, -0.25) is 9.59 Å². The maximum Gasteiger partial charge on any atom is 0.242 e. The van der Waals surface area contributed by atoms with Gasteiger partial charge in [0.2, 0.25) is 11.8 Å². The van der Waals surface area contributed by atoms with Gasteiger partial charge < -0.3 is 14.2 Å². The molecule has 1 aromatic carbocycles. The number of rotatable bonds is 13. The molecular weight excluding hydrogens is 376 g/mol. The van der Waals surface area contributed by atoms with Crippen molar-refractivity contribution in [2.24, 2.45) is 0 Å². The van der Waals surface area contributed by atoms with E-state index in [2.05, 4.69) is 6.92 Å². The molecule has 0 fully saturated rings. The Bertz CT molecular complexity index is 770. The summed E-state index contributed by atoms with van der Waals surface area (Å²) >= 11 is 0. The van der Waals surface area contributed by atoms with E-state index in [0.29, 0.717) is 26.1 Å². The first-order valence-corrected chi connectivity index (χ1v) is 11.2. The molecule has 0 radical (unpaired) electrons. The van der Waals surface area contributed by atoms with Crippen molar-refractivity contribution in [1.82, 2.24) is 9.80 Å². The lowest BCUT2D eigenvalue weighted by Gasteiger charge is -2.27. The molecule has 1 aromatic heterocycles. The molecule has 0 atom stereocenters. The van der Waals surface area contributed by atoms with E-state index in [1.807, 2.05) is 56.3 Å². The number of carbonyl (C=O) groups is 2. The van der Waals surface area contributed by atoms with Crippen LogP contribution in [0.1, 0.15) is 69.5 Å². The van der Waals surface area contributed by atoms with E-state index in [9.17, 15) is 9.59 Å². The third-order valence-corrected chi connectivity index (χ3v) is 5.13. The van der Waals surface area contributed by atoms with Crippen molar-refractivity contribution >= 4 is 11.8 Å². The first-order chi connectivity index (χ1) is 14.5. The summed E-state index contributed by atoms with van der Waals surface area (Å²) in [6.07, 6.45) is 5.60. The number of amides is 2. The van der Waals surface area contributed by atoms with Gasteiger partial charge in [-0.05, 0) is 37.5 Å². The van der Waals surface area contributed by atoms with Gasteiger partial charge in [0.1, 0.15) is 11.5 Å². The highest BCUT2D eigenvalue weighted by Crippen LogP contribution is 2.14. The molecule has 0 spiro atoms. The van der Waals surface area contributed by atoms with Crippen LogP contribution in [0, 0.1) is 6.92 Å². The van der Waals surface area contributed by atoms with E-state index >= 15 is 0 Å². The van der Waals surface area contributed by atoms with Crippen LogP contribution in [-0.4, -0.2) is 34.7 Å². The zero-order valence-corrected chi connectivity index (χ0v) is 18.7. The second-order valence-electron chi connectivity index (χ2n) is 7.87. The second-order valence-corrected chi connectivity index (χ2v) is 7.87. The van der Waals surface area contributed by atoms with Gasteiger partial charge in [-0.2, -0.15) is 0 Å². The highest BCUT2D eigenvalue weighted by molar-refractivity contribution is 5.84. The highest BCUT2D eigenvalue weighted by atomic mass is 16.3. The third-order valence-electron chi connectivity index (χ3n) is 5.13. The molecule has 0 aliphatic carbocycles. The minimum atomic E-state index is -0.0525. The van der Waals surface area contributed by atoms with Gasteiger partial charge in [0, 0.05) is 19.5 Å². The Hall–Kier alpha value is -2.56. The molecule has 0 bridgehead atoms. The predicted molar refractivity (Wildman–Crippen MR) is 120 cm³/mol. The highest BCUT2D eigenvalue weighted by Gasteiger charge is 2.22. The van der Waals surface area contributed by atoms with Crippen LogP contribution in [0.15, 0.2) is 46.9 Å². The zero-order chi connectivity index (χ0) is 21.8. The molecule has 5 heteroatoms. The average molecular weight is 413 g/mol. The van der Waals surface area contributed by atoms with Crippen molar-refractivity contribution < 1.29 is 14.0 Å². The Labute approximate surface area is 181 Å². The Balaban J connectivity index is 2.06. The number of aryl methyl sites for hydroxylation is 1. The van der Waals surface area contributed by atoms with Gasteiger partial charge in [0.25, 0.3) is 0 Å². The lowest BCUT2D eigenvalue weighted by atomic mass is 10.1. The van der Waals surface area contributed by atoms with Crippen molar-refractivity contribution in [3.05, 3.63) is 59.5 Å². The smallest absolute Gasteiger partial charge is 0.242 e. The lowest BCUT2D eigenvalue weighted by molar-refractivity contribution is -0.141. The second kappa shape index (κ2) is 12.9. The SMILES string of the molecule is CCCCCCC(=O)N(CCC)CC(=O)N(Cc1ccccc1)Cc1ccc(C)o1. The van der Waals surface area contributed by atoms with E-state index in [0.717, 1.165) is 49.2 Å². The largest absolute Gasteiger partial charge is 0.464 e. The van der Waals surface area contributed by atoms with E-state index in [1.165, 1.54) is 0 Å². The molecule has 0 saturated heterocycles. The van der Waals surface area contributed by atoms with Crippen LogP contribution in [-0.2, 0) is 22.7 Å². The maximum atomic E-state index is 13.2. The molecule has 5 nitrogen and oxygen atoms in total. The summed E-state index contributed by atoms with van der Waals surface area (Å²) in [7, 11) is 0. The molecule has 2 rings (SSSR count). The Morgan fingerprint density at radius 2 is 1.60 bits per heavy atom. The van der Waals surface area contributed by atoms with Crippen LogP contribution in [0.2, 0.25) is 0 Å². The summed E-state index contributed by atoms with van der Waals surface area (Å²) in [5.74, 6) is 1.61. The summed E-state index contributed by atoms with van der Waals surface area (Å²) in [4.78, 5) is 29.4. The van der Waals surface area contributed by atoms with Crippen LogP contribution in [0.3, 0.4) is 0 Å². The molecule has 2 aromatic rings. The van der Waals surface area contributed by atoms with E-state index in [4.69, 9.17) is 4.42 Å². The number of benzene rings is 1. The Kier molecular flexibility index (Phi) is 10.2. The standard InChI is InChI=1S/C25H36N2O3/c1-4-6-7-11-14-24(28)26(17-5-2)20-25(29)27(18-22-12-9-8-10-13-22)19-23-16-15-21(3)30-23/h8-10,12-13,15-16H,4-7,11,14,17-20H2,1-3H3. The Morgan fingerprint density at radius 1 is 0.833 bits per heavy atom. The molecule has 0 unspecified atom stereocenters. The third kappa shape index (κ3) is 8.05. The summed E-state index contributed by atoms with van der Waals surface area (Å²) in [5.41, 5.74) is 1.06. The first kappa shape index (κ1) is 23.7. The number of furan rings is 1. The van der Waals surface area contributed by atoms with Crippen molar-refractivity contribution in [1.29, 1.82) is 0 Å². The number of unbranched alkanes of at least 4 members (excludes halogenated alkanes) is 3.